The van der Waals surface area contributed by atoms with E-state index < -0.39 is 5.95 Å². The maximum atomic E-state index is 14.5. The summed E-state index contributed by atoms with van der Waals surface area (Å²) in [5.41, 5.74) is 2.15. The molecule has 0 saturated carbocycles. The van der Waals surface area contributed by atoms with Crippen LogP contribution in [0.25, 0.3) is 11.1 Å². The van der Waals surface area contributed by atoms with Crippen molar-refractivity contribution in [2.45, 2.75) is 71.5 Å². The fraction of sp³-hybridized carbons (Fsp3) is 0.583. The number of aryl methyl sites for hydroxylation is 1. The Morgan fingerprint density at radius 3 is 2.34 bits per heavy atom. The minimum Gasteiger partial charge on any atom is -0.348 e. The number of benzene rings is 1. The molecule has 0 spiro atoms. The number of nitrogens with zero attached hydrogens (tertiary/aromatic N) is 2. The van der Waals surface area contributed by atoms with Crippen molar-refractivity contribution in [1.29, 1.82) is 0 Å². The van der Waals surface area contributed by atoms with Gasteiger partial charge in [0.05, 0.1) is 18.8 Å². The maximum absolute atomic E-state index is 14.5. The lowest BCUT2D eigenvalue weighted by molar-refractivity contribution is -0.206. The van der Waals surface area contributed by atoms with Gasteiger partial charge in [0, 0.05) is 24.1 Å². The van der Waals surface area contributed by atoms with Crippen LogP contribution in [0.3, 0.4) is 0 Å². The highest BCUT2D eigenvalue weighted by Crippen LogP contribution is 2.29. The molecule has 29 heavy (non-hydrogen) atoms. The number of ether oxygens (including phenoxy) is 2. The lowest BCUT2D eigenvalue weighted by Gasteiger charge is -2.29. The largest absolute Gasteiger partial charge is 0.348 e. The second-order valence-corrected chi connectivity index (χ2v) is 7.93. The highest BCUT2D eigenvalue weighted by Gasteiger charge is 2.23. The third kappa shape index (κ3) is 6.31. The third-order valence-electron chi connectivity index (χ3n) is 5.45. The van der Waals surface area contributed by atoms with Gasteiger partial charge in [-0.25, -0.2) is 9.97 Å². The average Bonchev–Trinajstić information content (AvgIpc) is 2.75. The van der Waals surface area contributed by atoms with E-state index in [4.69, 9.17) is 9.47 Å². The van der Waals surface area contributed by atoms with E-state index in [2.05, 4.69) is 23.8 Å². The number of rotatable bonds is 10. The van der Waals surface area contributed by atoms with E-state index in [0.717, 1.165) is 56.4 Å². The van der Waals surface area contributed by atoms with E-state index in [-0.39, 0.29) is 6.29 Å². The van der Waals surface area contributed by atoms with Gasteiger partial charge in [0.1, 0.15) is 5.82 Å². The van der Waals surface area contributed by atoms with Gasteiger partial charge >= 0.3 is 0 Å². The molecule has 0 atom stereocenters. The molecule has 2 aromatic rings. The lowest BCUT2D eigenvalue weighted by Crippen LogP contribution is -2.26. The van der Waals surface area contributed by atoms with Crippen LogP contribution in [0.4, 0.5) is 4.39 Å². The van der Waals surface area contributed by atoms with Gasteiger partial charge in [0.2, 0.25) is 5.95 Å². The Hall–Kier alpha value is -1.85. The van der Waals surface area contributed by atoms with Crippen molar-refractivity contribution in [3.05, 3.63) is 47.8 Å². The fourth-order valence-corrected chi connectivity index (χ4v) is 3.73. The number of hydrogen-bond donors (Lipinski definition) is 0. The second kappa shape index (κ2) is 11.4. The lowest BCUT2D eigenvalue weighted by atomic mass is 10.0. The molecule has 1 aromatic carbocycles. The Morgan fingerprint density at radius 1 is 0.966 bits per heavy atom. The van der Waals surface area contributed by atoms with E-state index in [1.54, 1.807) is 6.20 Å². The van der Waals surface area contributed by atoms with Gasteiger partial charge in [-0.1, -0.05) is 70.2 Å². The van der Waals surface area contributed by atoms with E-state index in [9.17, 15) is 4.39 Å². The predicted octanol–water partition coefficient (Wildman–Crippen LogP) is 6.26. The van der Waals surface area contributed by atoms with Crippen LogP contribution < -0.4 is 0 Å². The summed E-state index contributed by atoms with van der Waals surface area (Å²) in [5, 5.41) is 0. The second-order valence-electron chi connectivity index (χ2n) is 7.93. The summed E-state index contributed by atoms with van der Waals surface area (Å²) in [6.45, 7) is 5.82. The fourth-order valence-electron chi connectivity index (χ4n) is 3.73. The van der Waals surface area contributed by atoms with E-state index in [0.29, 0.717) is 17.3 Å². The first kappa shape index (κ1) is 21.8. The molecule has 0 N–H and O–H groups in total. The van der Waals surface area contributed by atoms with Crippen LogP contribution in [0, 0.1) is 11.9 Å². The zero-order chi connectivity index (χ0) is 20.5. The smallest absolute Gasteiger partial charge is 0.224 e. The number of aromatic nitrogens is 2. The highest BCUT2D eigenvalue weighted by atomic mass is 19.1. The van der Waals surface area contributed by atoms with Crippen molar-refractivity contribution in [2.24, 2.45) is 5.92 Å². The molecule has 3 rings (SSSR count). The van der Waals surface area contributed by atoms with E-state index >= 15 is 0 Å². The maximum Gasteiger partial charge on any atom is 0.224 e. The quantitative estimate of drug-likeness (QED) is 0.349. The summed E-state index contributed by atoms with van der Waals surface area (Å²) in [6.07, 6.45) is 10.1. The highest BCUT2D eigenvalue weighted by molar-refractivity contribution is 5.62. The van der Waals surface area contributed by atoms with Crippen LogP contribution in [0.2, 0.25) is 0 Å². The van der Waals surface area contributed by atoms with Crippen LogP contribution in [-0.2, 0) is 15.9 Å². The minimum atomic E-state index is -0.455. The summed E-state index contributed by atoms with van der Waals surface area (Å²) in [7, 11) is 0. The molecule has 0 aliphatic carbocycles. The molecule has 1 aliphatic rings. The normalized spacial score (nSPS) is 19.4. The molecule has 2 heterocycles. The molecular weight excluding hydrogens is 367 g/mol. The Bertz CT molecular complexity index is 743. The minimum absolute atomic E-state index is 0.340. The van der Waals surface area contributed by atoms with Crippen molar-refractivity contribution in [3.8, 4) is 11.1 Å². The molecular formula is C24H33FN2O2. The van der Waals surface area contributed by atoms with Crippen molar-refractivity contribution < 1.29 is 13.9 Å². The van der Waals surface area contributed by atoms with Crippen molar-refractivity contribution in [2.75, 3.05) is 13.2 Å². The van der Waals surface area contributed by atoms with Crippen LogP contribution in [-0.4, -0.2) is 23.2 Å². The number of unbranched alkanes of at least 4 members (excludes halogenated alkanes) is 4. The first-order chi connectivity index (χ1) is 14.2. The van der Waals surface area contributed by atoms with Crippen LogP contribution in [0.1, 0.15) is 76.5 Å². The molecule has 5 heteroatoms. The van der Waals surface area contributed by atoms with Crippen LogP contribution >= 0.6 is 0 Å². The standard InChI is InChI=1S/C24H33FN2O2/c1-3-5-6-7-8-10-22-26-15-21(23(25)27-22)19-11-13-20(14-12-19)24-28-16-18(9-4-2)17-29-24/h11-15,18,24H,3-10,16-17H2,1-2H3. The van der Waals surface area contributed by atoms with Gasteiger partial charge < -0.3 is 9.47 Å². The third-order valence-corrected chi connectivity index (χ3v) is 5.45. The van der Waals surface area contributed by atoms with Crippen molar-refractivity contribution in [3.63, 3.8) is 0 Å². The van der Waals surface area contributed by atoms with Crippen LogP contribution in [0.5, 0.6) is 0 Å². The number of hydrogen-bond acceptors (Lipinski definition) is 4. The van der Waals surface area contributed by atoms with Crippen LogP contribution in [0.15, 0.2) is 30.5 Å². The molecule has 1 saturated heterocycles. The molecule has 1 fully saturated rings. The van der Waals surface area contributed by atoms with Gasteiger partial charge in [-0.15, -0.1) is 0 Å². The van der Waals surface area contributed by atoms with E-state index in [1.165, 1.54) is 19.3 Å². The topological polar surface area (TPSA) is 44.2 Å². The molecule has 0 bridgehead atoms. The zero-order valence-corrected chi connectivity index (χ0v) is 17.7. The Labute approximate surface area is 173 Å². The van der Waals surface area contributed by atoms with Crippen molar-refractivity contribution in [1.82, 2.24) is 9.97 Å². The van der Waals surface area contributed by atoms with Gasteiger partial charge in [-0.3, -0.25) is 0 Å². The summed E-state index contributed by atoms with van der Waals surface area (Å²) < 4.78 is 26.2. The first-order valence-corrected chi connectivity index (χ1v) is 11.1. The first-order valence-electron chi connectivity index (χ1n) is 11.1. The van der Waals surface area contributed by atoms with E-state index in [1.807, 2.05) is 24.3 Å². The molecule has 158 valence electrons. The molecule has 0 amide bonds. The molecule has 1 aliphatic heterocycles. The monoisotopic (exact) mass is 400 g/mol. The Balaban J connectivity index is 1.57. The molecule has 4 nitrogen and oxygen atoms in total. The molecule has 0 radical (unpaired) electrons. The van der Waals surface area contributed by atoms with Gasteiger partial charge in [0.15, 0.2) is 6.29 Å². The predicted molar refractivity (Wildman–Crippen MR) is 113 cm³/mol. The Kier molecular flexibility index (Phi) is 8.56. The Morgan fingerprint density at radius 2 is 1.69 bits per heavy atom. The van der Waals surface area contributed by atoms with Crippen molar-refractivity contribution >= 4 is 0 Å². The van der Waals surface area contributed by atoms with Gasteiger partial charge in [-0.2, -0.15) is 4.39 Å². The molecule has 1 aromatic heterocycles. The zero-order valence-electron chi connectivity index (χ0n) is 17.7. The summed E-state index contributed by atoms with van der Waals surface area (Å²) in [4.78, 5) is 8.45. The number of halogens is 1. The summed E-state index contributed by atoms with van der Waals surface area (Å²) in [6, 6.07) is 7.63. The van der Waals surface area contributed by atoms with Gasteiger partial charge in [-0.05, 0) is 18.4 Å². The molecule has 0 unspecified atom stereocenters. The van der Waals surface area contributed by atoms with Gasteiger partial charge in [0.25, 0.3) is 0 Å². The SMILES string of the molecule is CCCCCCCc1ncc(-c2ccc(C3OCC(CCC)CO3)cc2)c(F)n1. The average molecular weight is 401 g/mol. The summed E-state index contributed by atoms with van der Waals surface area (Å²) >= 11 is 0. The summed E-state index contributed by atoms with van der Waals surface area (Å²) in [5.74, 6) is 0.612.